The first-order chi connectivity index (χ1) is 10.9. The highest BCUT2D eigenvalue weighted by atomic mass is 35.5. The second-order valence-electron chi connectivity index (χ2n) is 6.19. The molecule has 2 amide bonds. The third-order valence-electron chi connectivity index (χ3n) is 4.07. The molecular weight excluding hydrogens is 312 g/mol. The predicted octanol–water partition coefficient (Wildman–Crippen LogP) is 3.75. The van der Waals surface area contributed by atoms with Crippen molar-refractivity contribution in [1.82, 2.24) is 0 Å². The maximum absolute atomic E-state index is 12.2. The molecule has 0 unspecified atom stereocenters. The molecule has 3 rings (SSSR count). The monoisotopic (exact) mass is 328 g/mol. The molecule has 118 valence electrons. The van der Waals surface area contributed by atoms with Gasteiger partial charge in [-0.3, -0.25) is 9.59 Å². The van der Waals surface area contributed by atoms with E-state index >= 15 is 0 Å². The summed E-state index contributed by atoms with van der Waals surface area (Å²) in [4.78, 5) is 24.1. The van der Waals surface area contributed by atoms with E-state index in [0.29, 0.717) is 10.7 Å². The summed E-state index contributed by atoms with van der Waals surface area (Å²) in [5.74, 6) is -0.139. The highest BCUT2D eigenvalue weighted by Gasteiger charge is 2.38. The van der Waals surface area contributed by atoms with Crippen molar-refractivity contribution in [3.8, 4) is 0 Å². The first-order valence-corrected chi connectivity index (χ1v) is 7.74. The number of benzene rings is 2. The van der Waals surface area contributed by atoms with E-state index in [1.54, 1.807) is 18.2 Å². The van der Waals surface area contributed by atoms with Gasteiger partial charge < -0.3 is 10.6 Å². The van der Waals surface area contributed by atoms with Crippen molar-refractivity contribution in [2.24, 2.45) is 0 Å². The number of fused-ring (bicyclic) bond motifs is 1. The van der Waals surface area contributed by atoms with Crippen LogP contribution < -0.4 is 10.6 Å². The zero-order valence-electron chi connectivity index (χ0n) is 12.9. The Balaban J connectivity index is 1.74. The van der Waals surface area contributed by atoms with Crippen molar-refractivity contribution >= 4 is 34.8 Å². The molecule has 0 bridgehead atoms. The first-order valence-electron chi connectivity index (χ1n) is 7.36. The molecule has 1 aliphatic rings. The normalized spacial score (nSPS) is 15.0. The molecule has 0 aliphatic carbocycles. The van der Waals surface area contributed by atoms with E-state index in [0.717, 1.165) is 16.8 Å². The van der Waals surface area contributed by atoms with Crippen LogP contribution in [0, 0.1) is 0 Å². The summed E-state index contributed by atoms with van der Waals surface area (Å²) in [6.45, 7) is 3.74. The summed E-state index contributed by atoms with van der Waals surface area (Å²) in [7, 11) is 0. The zero-order chi connectivity index (χ0) is 16.6. The van der Waals surface area contributed by atoms with Crippen LogP contribution in [0.4, 0.5) is 11.4 Å². The summed E-state index contributed by atoms with van der Waals surface area (Å²) in [6, 6.07) is 12.7. The van der Waals surface area contributed by atoms with Crippen molar-refractivity contribution < 1.29 is 9.59 Å². The fraction of sp³-hybridized carbons (Fsp3) is 0.222. The zero-order valence-corrected chi connectivity index (χ0v) is 13.7. The Morgan fingerprint density at radius 2 is 1.87 bits per heavy atom. The Morgan fingerprint density at radius 1 is 1.17 bits per heavy atom. The van der Waals surface area contributed by atoms with Crippen LogP contribution in [0.5, 0.6) is 0 Å². The molecule has 0 radical (unpaired) electrons. The Kier molecular flexibility index (Phi) is 3.86. The Morgan fingerprint density at radius 3 is 2.57 bits per heavy atom. The number of carbonyl (C=O) groups is 2. The largest absolute Gasteiger partial charge is 0.326 e. The van der Waals surface area contributed by atoms with Crippen molar-refractivity contribution in [3.63, 3.8) is 0 Å². The predicted molar refractivity (Wildman–Crippen MR) is 91.9 cm³/mol. The van der Waals surface area contributed by atoms with Crippen LogP contribution in [0.25, 0.3) is 0 Å². The van der Waals surface area contributed by atoms with Crippen molar-refractivity contribution in [2.45, 2.75) is 25.7 Å². The SMILES string of the molecule is CC1(C)C(=O)Nc2ccc(NC(=O)Cc3ccc(Cl)cc3)cc21. The number of halogens is 1. The van der Waals surface area contributed by atoms with Gasteiger partial charge in [-0.05, 0) is 55.3 Å². The lowest BCUT2D eigenvalue weighted by molar-refractivity contribution is -0.119. The molecule has 0 spiro atoms. The van der Waals surface area contributed by atoms with E-state index in [4.69, 9.17) is 11.6 Å². The average molecular weight is 329 g/mol. The van der Waals surface area contributed by atoms with E-state index in [1.165, 1.54) is 0 Å². The van der Waals surface area contributed by atoms with Gasteiger partial charge in [0, 0.05) is 16.4 Å². The number of amides is 2. The lowest BCUT2D eigenvalue weighted by Gasteiger charge is -2.16. The standard InChI is InChI=1S/C18H17ClN2O2/c1-18(2)14-10-13(7-8-15(14)21-17(18)23)20-16(22)9-11-3-5-12(19)6-4-11/h3-8,10H,9H2,1-2H3,(H,20,22)(H,21,23). The molecule has 2 aromatic rings. The van der Waals surface area contributed by atoms with Gasteiger partial charge in [0.1, 0.15) is 0 Å². The summed E-state index contributed by atoms with van der Waals surface area (Å²) in [6.07, 6.45) is 0.273. The molecule has 2 aromatic carbocycles. The summed E-state index contributed by atoms with van der Waals surface area (Å²) in [5.41, 5.74) is 2.69. The maximum atomic E-state index is 12.2. The van der Waals surface area contributed by atoms with Crippen molar-refractivity contribution in [1.29, 1.82) is 0 Å². The summed E-state index contributed by atoms with van der Waals surface area (Å²) >= 11 is 5.84. The van der Waals surface area contributed by atoms with Gasteiger partial charge in [-0.25, -0.2) is 0 Å². The van der Waals surface area contributed by atoms with Gasteiger partial charge >= 0.3 is 0 Å². The van der Waals surface area contributed by atoms with Crippen molar-refractivity contribution in [3.05, 3.63) is 58.6 Å². The van der Waals surface area contributed by atoms with Crippen LogP contribution in [-0.2, 0) is 21.4 Å². The second-order valence-corrected chi connectivity index (χ2v) is 6.63. The van der Waals surface area contributed by atoms with Crippen LogP contribution in [0.1, 0.15) is 25.0 Å². The topological polar surface area (TPSA) is 58.2 Å². The van der Waals surface area contributed by atoms with Gasteiger partial charge in [0.25, 0.3) is 0 Å². The van der Waals surface area contributed by atoms with Gasteiger partial charge in [-0.2, -0.15) is 0 Å². The fourth-order valence-corrected chi connectivity index (χ4v) is 2.77. The van der Waals surface area contributed by atoms with Gasteiger partial charge in [0.05, 0.1) is 11.8 Å². The van der Waals surface area contributed by atoms with Crippen LogP contribution in [0.3, 0.4) is 0 Å². The smallest absolute Gasteiger partial charge is 0.234 e. The number of hydrogen-bond acceptors (Lipinski definition) is 2. The molecule has 0 saturated carbocycles. The van der Waals surface area contributed by atoms with Gasteiger partial charge in [-0.15, -0.1) is 0 Å². The fourth-order valence-electron chi connectivity index (χ4n) is 2.64. The number of rotatable bonds is 3. The van der Waals surface area contributed by atoms with Gasteiger partial charge in [0.15, 0.2) is 0 Å². The van der Waals surface area contributed by atoms with E-state index in [1.807, 2.05) is 38.1 Å². The molecule has 2 N–H and O–H groups in total. The number of carbonyl (C=O) groups excluding carboxylic acids is 2. The molecule has 1 heterocycles. The van der Waals surface area contributed by atoms with E-state index in [-0.39, 0.29) is 18.2 Å². The Bertz CT molecular complexity index is 782. The third-order valence-corrected chi connectivity index (χ3v) is 4.32. The van der Waals surface area contributed by atoms with Gasteiger partial charge in [0.2, 0.25) is 11.8 Å². The lowest BCUT2D eigenvalue weighted by Crippen LogP contribution is -2.27. The van der Waals surface area contributed by atoms with Crippen LogP contribution in [-0.4, -0.2) is 11.8 Å². The highest BCUT2D eigenvalue weighted by Crippen LogP contribution is 2.38. The van der Waals surface area contributed by atoms with E-state index in [9.17, 15) is 9.59 Å². The van der Waals surface area contributed by atoms with Crippen molar-refractivity contribution in [2.75, 3.05) is 10.6 Å². The molecule has 23 heavy (non-hydrogen) atoms. The minimum Gasteiger partial charge on any atom is -0.326 e. The van der Waals surface area contributed by atoms with E-state index in [2.05, 4.69) is 10.6 Å². The van der Waals surface area contributed by atoms with Gasteiger partial charge in [-0.1, -0.05) is 23.7 Å². The molecule has 5 heteroatoms. The molecule has 1 aliphatic heterocycles. The minimum atomic E-state index is -0.591. The average Bonchev–Trinajstić information content (AvgIpc) is 2.72. The lowest BCUT2D eigenvalue weighted by atomic mass is 9.86. The number of hydrogen-bond donors (Lipinski definition) is 2. The second kappa shape index (κ2) is 5.70. The summed E-state index contributed by atoms with van der Waals surface area (Å²) in [5, 5.41) is 6.37. The molecule has 0 atom stereocenters. The van der Waals surface area contributed by atoms with Crippen LogP contribution >= 0.6 is 11.6 Å². The Hall–Kier alpha value is -2.33. The quantitative estimate of drug-likeness (QED) is 0.901. The highest BCUT2D eigenvalue weighted by molar-refractivity contribution is 6.30. The molecule has 0 aromatic heterocycles. The van der Waals surface area contributed by atoms with Crippen LogP contribution in [0.2, 0.25) is 5.02 Å². The molecule has 0 fully saturated rings. The minimum absolute atomic E-state index is 0.0304. The number of nitrogens with one attached hydrogen (secondary N) is 2. The molecule has 4 nitrogen and oxygen atoms in total. The molecule has 0 saturated heterocycles. The first kappa shape index (κ1) is 15.6. The third kappa shape index (κ3) is 3.08. The van der Waals surface area contributed by atoms with E-state index < -0.39 is 5.41 Å². The maximum Gasteiger partial charge on any atom is 0.234 e. The van der Waals surface area contributed by atoms with Crippen LogP contribution in [0.15, 0.2) is 42.5 Å². The molecular formula is C18H17ClN2O2. The number of anilines is 2. The summed E-state index contributed by atoms with van der Waals surface area (Å²) < 4.78 is 0. The Labute approximate surface area is 139 Å².